The summed E-state index contributed by atoms with van der Waals surface area (Å²) < 4.78 is 59.9. The van der Waals surface area contributed by atoms with E-state index in [4.69, 9.17) is 9.84 Å². The average molecular weight is 381 g/mol. The summed E-state index contributed by atoms with van der Waals surface area (Å²) >= 11 is -1.42. The van der Waals surface area contributed by atoms with Gasteiger partial charge in [0.15, 0.2) is 0 Å². The summed E-state index contributed by atoms with van der Waals surface area (Å²) in [6.07, 6.45) is -4.15. The van der Waals surface area contributed by atoms with Crippen LogP contribution >= 0.6 is 0 Å². The third-order valence-corrected chi connectivity index (χ3v) is 5.20. The quantitative estimate of drug-likeness (QED) is 0.532. The van der Waals surface area contributed by atoms with E-state index in [1.807, 2.05) is 0 Å². The first-order valence-electron chi connectivity index (χ1n) is 8.04. The Balaban J connectivity index is 3.11. The lowest BCUT2D eigenvalue weighted by Gasteiger charge is -2.28. The Hall–Kier alpha value is -0.800. The lowest BCUT2D eigenvalue weighted by molar-refractivity contribution is -0.139. The summed E-state index contributed by atoms with van der Waals surface area (Å²) in [4.78, 5) is 0. The smallest absolute Gasteiger partial charge is 0.416 e. The molecule has 0 aliphatic heterocycles. The van der Waals surface area contributed by atoms with Gasteiger partial charge in [-0.15, -0.1) is 4.72 Å². The number of aliphatic hydroxyl groups is 1. The molecule has 0 aliphatic rings. The SMILES string of the molecule is C[C@@H](N[S+]([O-])C(C)(C)C)c1cccc(C(F)(F)F)c1COCCCO. The number of rotatable bonds is 8. The van der Waals surface area contributed by atoms with Crippen LogP contribution in [0, 0.1) is 0 Å². The van der Waals surface area contributed by atoms with Crippen LogP contribution in [-0.2, 0) is 28.9 Å². The second-order valence-electron chi connectivity index (χ2n) is 6.72. The molecule has 0 saturated heterocycles. The van der Waals surface area contributed by atoms with Gasteiger partial charge in [-0.3, -0.25) is 0 Å². The molecule has 0 aromatic heterocycles. The van der Waals surface area contributed by atoms with Crippen molar-refractivity contribution >= 4 is 11.4 Å². The summed E-state index contributed by atoms with van der Waals surface area (Å²) in [6, 6.07) is 3.39. The molecule has 2 N–H and O–H groups in total. The van der Waals surface area contributed by atoms with E-state index in [9.17, 15) is 17.7 Å². The van der Waals surface area contributed by atoms with Crippen LogP contribution in [0.15, 0.2) is 18.2 Å². The topological polar surface area (TPSA) is 64.5 Å². The Morgan fingerprint density at radius 1 is 1.28 bits per heavy atom. The normalized spacial score (nSPS) is 15.2. The van der Waals surface area contributed by atoms with Crippen LogP contribution in [0.2, 0.25) is 0 Å². The molecule has 144 valence electrons. The number of aliphatic hydroxyl groups excluding tert-OH is 1. The molecule has 0 amide bonds. The Bertz CT molecular complexity index is 547. The maximum absolute atomic E-state index is 13.3. The number of hydrogen-bond acceptors (Lipinski definition) is 4. The highest BCUT2D eigenvalue weighted by molar-refractivity contribution is 7.90. The molecule has 0 saturated carbocycles. The molecule has 0 bridgehead atoms. The molecular weight excluding hydrogens is 355 g/mol. The highest BCUT2D eigenvalue weighted by Crippen LogP contribution is 2.36. The Morgan fingerprint density at radius 3 is 2.44 bits per heavy atom. The fourth-order valence-electron chi connectivity index (χ4n) is 2.18. The van der Waals surface area contributed by atoms with Gasteiger partial charge in [0.05, 0.1) is 18.2 Å². The first-order valence-corrected chi connectivity index (χ1v) is 9.19. The minimum Gasteiger partial charge on any atom is -0.598 e. The van der Waals surface area contributed by atoms with Crippen molar-refractivity contribution in [3.05, 3.63) is 34.9 Å². The van der Waals surface area contributed by atoms with Crippen molar-refractivity contribution in [1.82, 2.24) is 4.72 Å². The van der Waals surface area contributed by atoms with Gasteiger partial charge in [0.2, 0.25) is 0 Å². The van der Waals surface area contributed by atoms with Gasteiger partial charge in [-0.1, -0.05) is 12.1 Å². The molecule has 0 fully saturated rings. The molecule has 1 rings (SSSR count). The molecule has 0 heterocycles. The van der Waals surface area contributed by atoms with Gasteiger partial charge in [-0.2, -0.15) is 13.2 Å². The summed E-state index contributed by atoms with van der Waals surface area (Å²) in [5, 5.41) is 8.76. The van der Waals surface area contributed by atoms with Gasteiger partial charge in [0.1, 0.15) is 4.75 Å². The summed E-state index contributed by atoms with van der Waals surface area (Å²) in [6.45, 7) is 6.89. The van der Waals surface area contributed by atoms with Crippen molar-refractivity contribution < 1.29 is 27.6 Å². The van der Waals surface area contributed by atoms with Crippen LogP contribution in [0.1, 0.15) is 56.8 Å². The fraction of sp³-hybridized carbons (Fsp3) is 0.647. The maximum Gasteiger partial charge on any atom is 0.416 e. The molecule has 0 radical (unpaired) electrons. The third-order valence-electron chi connectivity index (χ3n) is 3.52. The molecule has 1 aromatic rings. The standard InChI is InChI=1S/C17H26F3NO3S/c1-12(21-25(23)16(2,3)4)13-7-5-8-15(17(18,19)20)14(13)11-24-10-6-9-22/h5,7-8,12,21-22H,6,9-11H2,1-4H3/t12-,25?/m1/s1. The van der Waals surface area contributed by atoms with Crippen molar-refractivity contribution in [2.24, 2.45) is 0 Å². The van der Waals surface area contributed by atoms with Crippen molar-refractivity contribution in [3.63, 3.8) is 0 Å². The number of alkyl halides is 3. The van der Waals surface area contributed by atoms with E-state index in [2.05, 4.69) is 4.72 Å². The van der Waals surface area contributed by atoms with Crippen LogP contribution in [0.4, 0.5) is 13.2 Å². The van der Waals surface area contributed by atoms with E-state index < -0.39 is 33.9 Å². The predicted octanol–water partition coefficient (Wildman–Crippen LogP) is 3.72. The second kappa shape index (κ2) is 9.23. The summed E-state index contributed by atoms with van der Waals surface area (Å²) in [5.41, 5.74) is -0.334. The van der Waals surface area contributed by atoms with Crippen LogP contribution in [0.3, 0.4) is 0 Å². The first kappa shape index (κ1) is 22.2. The zero-order chi connectivity index (χ0) is 19.3. The maximum atomic E-state index is 13.3. The Labute approximate surface area is 150 Å². The minimum atomic E-state index is -4.51. The first-order chi connectivity index (χ1) is 11.5. The lowest BCUT2D eigenvalue weighted by atomic mass is 9.97. The van der Waals surface area contributed by atoms with Crippen LogP contribution < -0.4 is 4.72 Å². The second-order valence-corrected chi connectivity index (χ2v) is 8.72. The van der Waals surface area contributed by atoms with E-state index in [1.54, 1.807) is 33.8 Å². The fourth-order valence-corrected chi connectivity index (χ4v) is 2.98. The van der Waals surface area contributed by atoms with Crippen molar-refractivity contribution in [3.8, 4) is 0 Å². The van der Waals surface area contributed by atoms with E-state index >= 15 is 0 Å². The highest BCUT2D eigenvalue weighted by atomic mass is 32.2. The molecule has 8 heteroatoms. The molecular formula is C17H26F3NO3S. The third kappa shape index (κ3) is 6.79. The Kier molecular flexibility index (Phi) is 8.21. The molecule has 25 heavy (non-hydrogen) atoms. The van der Waals surface area contributed by atoms with E-state index in [0.29, 0.717) is 12.0 Å². The summed E-state index contributed by atoms with van der Waals surface area (Å²) in [7, 11) is 0. The molecule has 1 aromatic carbocycles. The van der Waals surface area contributed by atoms with E-state index in [-0.39, 0.29) is 25.4 Å². The molecule has 4 nitrogen and oxygen atoms in total. The highest BCUT2D eigenvalue weighted by Gasteiger charge is 2.36. The van der Waals surface area contributed by atoms with Gasteiger partial charge >= 0.3 is 6.18 Å². The van der Waals surface area contributed by atoms with Gasteiger partial charge in [0, 0.05) is 24.6 Å². The van der Waals surface area contributed by atoms with Crippen molar-refractivity contribution in [2.75, 3.05) is 13.2 Å². The van der Waals surface area contributed by atoms with Gasteiger partial charge < -0.3 is 14.4 Å². The zero-order valence-corrected chi connectivity index (χ0v) is 15.8. The summed E-state index contributed by atoms with van der Waals surface area (Å²) in [5.74, 6) is 0. The largest absolute Gasteiger partial charge is 0.598 e. The molecule has 0 aliphatic carbocycles. The number of ether oxygens (including phenoxy) is 1. The molecule has 0 spiro atoms. The molecule has 2 atom stereocenters. The van der Waals surface area contributed by atoms with E-state index in [1.165, 1.54) is 6.07 Å². The minimum absolute atomic E-state index is 0.0267. The Morgan fingerprint density at radius 2 is 1.92 bits per heavy atom. The van der Waals surface area contributed by atoms with Gasteiger partial charge in [0.25, 0.3) is 0 Å². The lowest BCUT2D eigenvalue weighted by Crippen LogP contribution is -2.40. The van der Waals surface area contributed by atoms with Gasteiger partial charge in [-0.05, 0) is 51.3 Å². The van der Waals surface area contributed by atoms with Gasteiger partial charge in [-0.25, -0.2) is 0 Å². The number of benzene rings is 1. The number of hydrogen-bond donors (Lipinski definition) is 2. The number of nitrogens with one attached hydrogen (secondary N) is 1. The molecule has 1 unspecified atom stereocenters. The van der Waals surface area contributed by atoms with E-state index in [0.717, 1.165) is 6.07 Å². The van der Waals surface area contributed by atoms with Crippen LogP contribution in [-0.4, -0.2) is 27.6 Å². The van der Waals surface area contributed by atoms with Crippen molar-refractivity contribution in [1.29, 1.82) is 0 Å². The van der Waals surface area contributed by atoms with Crippen LogP contribution in [0.5, 0.6) is 0 Å². The number of halogens is 3. The van der Waals surface area contributed by atoms with Crippen molar-refractivity contribution in [2.45, 2.75) is 57.7 Å². The predicted molar refractivity (Wildman–Crippen MR) is 92.2 cm³/mol. The zero-order valence-electron chi connectivity index (χ0n) is 14.9. The van der Waals surface area contributed by atoms with Crippen LogP contribution in [0.25, 0.3) is 0 Å². The average Bonchev–Trinajstić information content (AvgIpc) is 2.49. The monoisotopic (exact) mass is 381 g/mol.